The molecule has 1 aromatic carbocycles. The van der Waals surface area contributed by atoms with E-state index >= 15 is 0 Å². The van der Waals surface area contributed by atoms with Crippen molar-refractivity contribution < 1.29 is 9.84 Å². The summed E-state index contributed by atoms with van der Waals surface area (Å²) in [5.41, 5.74) is 8.32. The van der Waals surface area contributed by atoms with Gasteiger partial charge in [-0.2, -0.15) is 0 Å². The van der Waals surface area contributed by atoms with Crippen LogP contribution in [0.3, 0.4) is 0 Å². The number of unbranched alkanes of at least 4 members (excludes halogenated alkanes) is 4. The van der Waals surface area contributed by atoms with E-state index in [0.717, 1.165) is 38.0 Å². The Morgan fingerprint density at radius 3 is 2.80 bits per heavy atom. The number of aliphatic hydroxyl groups is 1. The van der Waals surface area contributed by atoms with Crippen molar-refractivity contribution in [3.8, 4) is 5.75 Å². The summed E-state index contributed by atoms with van der Waals surface area (Å²) in [5.74, 6) is 1.25. The molecule has 140 valence electrons. The lowest BCUT2D eigenvalue weighted by Gasteiger charge is -2.27. The molecule has 0 bridgehead atoms. The van der Waals surface area contributed by atoms with Gasteiger partial charge in [-0.25, -0.2) is 0 Å². The summed E-state index contributed by atoms with van der Waals surface area (Å²) in [4.78, 5) is 0. The Morgan fingerprint density at radius 1 is 1.24 bits per heavy atom. The molecule has 0 heterocycles. The molecule has 0 aliphatic heterocycles. The fourth-order valence-electron chi connectivity index (χ4n) is 3.49. The van der Waals surface area contributed by atoms with Gasteiger partial charge in [0.15, 0.2) is 0 Å². The molecule has 1 aliphatic carbocycles. The van der Waals surface area contributed by atoms with Crippen LogP contribution in [0.25, 0.3) is 0 Å². The molecule has 0 spiro atoms. The number of aryl methyl sites for hydroxylation is 1. The number of fused-ring (bicyclic) bond motifs is 1. The second-order valence-corrected chi connectivity index (χ2v) is 7.71. The van der Waals surface area contributed by atoms with Crippen LogP contribution in [0.1, 0.15) is 75.8 Å². The molecule has 3 N–H and O–H groups in total. The largest absolute Gasteiger partial charge is 0.494 e. The fraction of sp³-hybridized carbons (Fsp3) is 0.636. The summed E-state index contributed by atoms with van der Waals surface area (Å²) < 4.78 is 5.97. The van der Waals surface area contributed by atoms with E-state index in [-0.39, 0.29) is 12.5 Å². The van der Waals surface area contributed by atoms with E-state index in [2.05, 4.69) is 37.3 Å². The van der Waals surface area contributed by atoms with E-state index < -0.39 is 5.54 Å². The quantitative estimate of drug-likeness (QED) is 0.476. The Morgan fingerprint density at radius 2 is 2.04 bits per heavy atom. The summed E-state index contributed by atoms with van der Waals surface area (Å²) in [7, 11) is 0. The van der Waals surface area contributed by atoms with Crippen LogP contribution in [-0.2, 0) is 6.42 Å². The van der Waals surface area contributed by atoms with Crippen molar-refractivity contribution in [2.45, 2.75) is 76.7 Å². The number of benzene rings is 1. The van der Waals surface area contributed by atoms with Crippen LogP contribution in [0.4, 0.5) is 0 Å². The van der Waals surface area contributed by atoms with Crippen LogP contribution in [-0.4, -0.2) is 23.9 Å². The minimum Gasteiger partial charge on any atom is -0.494 e. The average molecular weight is 346 g/mol. The number of rotatable bonds is 10. The van der Waals surface area contributed by atoms with Gasteiger partial charge < -0.3 is 15.6 Å². The molecule has 1 aromatic rings. The summed E-state index contributed by atoms with van der Waals surface area (Å²) in [6.45, 7) is 4.96. The number of nitrogens with two attached hydrogens (primary N) is 1. The molecule has 0 unspecified atom stereocenters. The van der Waals surface area contributed by atoms with Crippen LogP contribution in [0.15, 0.2) is 30.4 Å². The van der Waals surface area contributed by atoms with E-state index in [0.29, 0.717) is 0 Å². The molecule has 3 nitrogen and oxygen atoms in total. The Hall–Kier alpha value is -1.32. The van der Waals surface area contributed by atoms with Crippen molar-refractivity contribution >= 4 is 0 Å². The third-order valence-corrected chi connectivity index (χ3v) is 5.03. The van der Waals surface area contributed by atoms with Gasteiger partial charge >= 0.3 is 0 Å². The topological polar surface area (TPSA) is 55.5 Å². The van der Waals surface area contributed by atoms with Gasteiger partial charge in [-0.1, -0.05) is 50.8 Å². The van der Waals surface area contributed by atoms with Crippen LogP contribution >= 0.6 is 0 Å². The first-order valence-electron chi connectivity index (χ1n) is 9.88. The smallest absolute Gasteiger partial charge is 0.119 e. The number of aliphatic hydroxyl groups excluding tert-OH is 1. The normalized spacial score (nSPS) is 19.1. The first kappa shape index (κ1) is 20.0. The molecule has 0 amide bonds. The zero-order valence-electron chi connectivity index (χ0n) is 16.0. The standard InChI is InChI=1S/C22H35NO2/c1-3-4-5-6-9-14-25-20-12-13-21-18(15-20)10-7-8-11-19(21)16-22(2,23)17-24/h8,11-13,15,19,24H,3-7,9-10,14,16-17,23H2,1-2H3/t19-,22-/m0/s1. The van der Waals surface area contributed by atoms with Crippen LogP contribution in [0.5, 0.6) is 5.75 Å². The first-order chi connectivity index (χ1) is 12.1. The van der Waals surface area contributed by atoms with E-state index in [4.69, 9.17) is 10.5 Å². The number of allylic oxidation sites excluding steroid dienone is 2. The lowest BCUT2D eigenvalue weighted by Crippen LogP contribution is -2.41. The molecule has 0 radical (unpaired) electrons. The van der Waals surface area contributed by atoms with E-state index in [1.165, 1.54) is 36.8 Å². The minimum atomic E-state index is -0.551. The van der Waals surface area contributed by atoms with Gasteiger partial charge in [0.2, 0.25) is 0 Å². The molecule has 2 rings (SSSR count). The van der Waals surface area contributed by atoms with Gasteiger partial charge in [-0.05, 0) is 55.9 Å². The predicted molar refractivity (Wildman–Crippen MR) is 105 cm³/mol. The molecular formula is C22H35NO2. The highest BCUT2D eigenvalue weighted by Crippen LogP contribution is 2.34. The highest BCUT2D eigenvalue weighted by Gasteiger charge is 2.25. The fourth-order valence-corrected chi connectivity index (χ4v) is 3.49. The lowest BCUT2D eigenvalue weighted by atomic mass is 9.84. The van der Waals surface area contributed by atoms with Crippen molar-refractivity contribution in [1.82, 2.24) is 0 Å². The third-order valence-electron chi connectivity index (χ3n) is 5.03. The Kier molecular flexibility index (Phi) is 7.98. The highest BCUT2D eigenvalue weighted by molar-refractivity contribution is 5.41. The number of ether oxygens (including phenoxy) is 1. The van der Waals surface area contributed by atoms with Gasteiger partial charge in [-0.3, -0.25) is 0 Å². The van der Waals surface area contributed by atoms with Crippen molar-refractivity contribution in [3.63, 3.8) is 0 Å². The van der Waals surface area contributed by atoms with Gasteiger partial charge in [0.1, 0.15) is 5.75 Å². The zero-order chi connectivity index (χ0) is 18.1. The second-order valence-electron chi connectivity index (χ2n) is 7.71. The summed E-state index contributed by atoms with van der Waals surface area (Å²) >= 11 is 0. The molecule has 1 aliphatic rings. The number of hydrogen-bond donors (Lipinski definition) is 2. The second kappa shape index (κ2) is 9.98. The van der Waals surface area contributed by atoms with Gasteiger partial charge in [0.25, 0.3) is 0 Å². The van der Waals surface area contributed by atoms with Crippen LogP contribution < -0.4 is 10.5 Å². The molecule has 0 saturated carbocycles. The van der Waals surface area contributed by atoms with Gasteiger partial charge in [-0.15, -0.1) is 0 Å². The Bertz CT molecular complexity index is 551. The van der Waals surface area contributed by atoms with Crippen LogP contribution in [0, 0.1) is 0 Å². The SMILES string of the molecule is CCCCCCCOc1ccc2c(c1)CCC=C[C@H]2C[C@](C)(N)CO. The maximum absolute atomic E-state index is 9.49. The summed E-state index contributed by atoms with van der Waals surface area (Å²) in [6.07, 6.45) is 13.6. The maximum atomic E-state index is 9.49. The predicted octanol–water partition coefficient (Wildman–Crippen LogP) is 4.72. The minimum absolute atomic E-state index is 0.00585. The van der Waals surface area contributed by atoms with Crippen LogP contribution in [0.2, 0.25) is 0 Å². The highest BCUT2D eigenvalue weighted by atomic mass is 16.5. The summed E-state index contributed by atoms with van der Waals surface area (Å²) in [6, 6.07) is 6.48. The third kappa shape index (κ3) is 6.48. The average Bonchev–Trinajstić information content (AvgIpc) is 2.79. The molecule has 0 saturated heterocycles. The first-order valence-corrected chi connectivity index (χ1v) is 9.88. The maximum Gasteiger partial charge on any atom is 0.119 e. The van der Waals surface area contributed by atoms with Crippen molar-refractivity contribution in [1.29, 1.82) is 0 Å². The molecule has 0 fully saturated rings. The van der Waals surface area contributed by atoms with Gasteiger partial charge in [0.05, 0.1) is 13.2 Å². The molecule has 2 atom stereocenters. The monoisotopic (exact) mass is 345 g/mol. The van der Waals surface area contributed by atoms with Crippen molar-refractivity contribution in [2.75, 3.05) is 13.2 Å². The lowest BCUT2D eigenvalue weighted by molar-refractivity contribution is 0.197. The molecule has 25 heavy (non-hydrogen) atoms. The van der Waals surface area contributed by atoms with E-state index in [9.17, 15) is 5.11 Å². The van der Waals surface area contributed by atoms with Gasteiger partial charge in [0, 0.05) is 11.5 Å². The molecule has 0 aromatic heterocycles. The molecule has 3 heteroatoms. The summed E-state index contributed by atoms with van der Waals surface area (Å²) in [5, 5.41) is 9.49. The Balaban J connectivity index is 1.97. The van der Waals surface area contributed by atoms with E-state index in [1.54, 1.807) is 0 Å². The van der Waals surface area contributed by atoms with Crippen molar-refractivity contribution in [3.05, 3.63) is 41.5 Å². The zero-order valence-corrected chi connectivity index (χ0v) is 16.0. The Labute approximate surface area is 153 Å². The number of hydrogen-bond acceptors (Lipinski definition) is 3. The molecular weight excluding hydrogens is 310 g/mol. The van der Waals surface area contributed by atoms with Crippen molar-refractivity contribution in [2.24, 2.45) is 5.73 Å². The van der Waals surface area contributed by atoms with E-state index in [1.807, 2.05) is 6.92 Å².